The molecular weight excluding hydrogens is 272 g/mol. The number of hydrogen-bond acceptors (Lipinski definition) is 2. The summed E-state index contributed by atoms with van der Waals surface area (Å²) in [6.07, 6.45) is 8.44. The van der Waals surface area contributed by atoms with Crippen LogP contribution in [0.4, 0.5) is 0 Å². The number of nitrogens with one attached hydrogen (secondary N) is 2. The van der Waals surface area contributed by atoms with Crippen molar-refractivity contribution in [1.29, 1.82) is 0 Å². The van der Waals surface area contributed by atoms with Gasteiger partial charge in [-0.15, -0.1) is 0 Å². The highest BCUT2D eigenvalue weighted by atomic mass is 16.1. The summed E-state index contributed by atoms with van der Waals surface area (Å²) in [5, 5.41) is 6.66. The smallest absolute Gasteiger partial charge is 0.251 e. The molecule has 3 nitrogen and oxygen atoms in total. The largest absolute Gasteiger partial charge is 0.349 e. The molecule has 2 fully saturated rings. The van der Waals surface area contributed by atoms with E-state index in [0.29, 0.717) is 12.0 Å². The Morgan fingerprint density at radius 2 is 1.82 bits per heavy atom. The molecule has 1 amide bonds. The van der Waals surface area contributed by atoms with Crippen molar-refractivity contribution in [1.82, 2.24) is 10.6 Å². The fraction of sp³-hybridized carbons (Fsp3) is 0.632. The third-order valence-corrected chi connectivity index (χ3v) is 5.26. The lowest BCUT2D eigenvalue weighted by molar-refractivity contribution is 0.0927. The van der Waals surface area contributed by atoms with Crippen LogP contribution in [0.25, 0.3) is 0 Å². The second-order valence-corrected chi connectivity index (χ2v) is 6.91. The first-order valence-corrected chi connectivity index (χ1v) is 8.86. The molecule has 2 N–H and O–H groups in total. The normalized spacial score (nSPS) is 20.8. The van der Waals surface area contributed by atoms with Gasteiger partial charge in [-0.2, -0.15) is 0 Å². The van der Waals surface area contributed by atoms with E-state index in [1.807, 2.05) is 6.92 Å². The lowest BCUT2D eigenvalue weighted by Gasteiger charge is -2.25. The van der Waals surface area contributed by atoms with Crippen molar-refractivity contribution < 1.29 is 4.79 Å². The van der Waals surface area contributed by atoms with E-state index in [1.165, 1.54) is 37.7 Å². The number of carbonyl (C=O) groups is 1. The van der Waals surface area contributed by atoms with Crippen LogP contribution in [0.5, 0.6) is 0 Å². The number of rotatable bonds is 3. The van der Waals surface area contributed by atoms with Crippen molar-refractivity contribution >= 4 is 5.91 Å². The van der Waals surface area contributed by atoms with E-state index >= 15 is 0 Å². The molecule has 1 aromatic rings. The highest BCUT2D eigenvalue weighted by Crippen LogP contribution is 2.27. The third kappa shape index (κ3) is 3.70. The van der Waals surface area contributed by atoms with Gasteiger partial charge >= 0.3 is 0 Å². The maximum atomic E-state index is 12.6. The number of amides is 1. The summed E-state index contributed by atoms with van der Waals surface area (Å²) in [5.74, 6) is 0.725. The molecule has 1 aromatic carbocycles. The first-order valence-electron chi connectivity index (χ1n) is 8.86. The van der Waals surface area contributed by atoms with Gasteiger partial charge in [0.15, 0.2) is 0 Å². The van der Waals surface area contributed by atoms with E-state index in [4.69, 9.17) is 0 Å². The van der Waals surface area contributed by atoms with E-state index in [0.717, 1.165) is 37.1 Å². The fourth-order valence-corrected chi connectivity index (χ4v) is 3.80. The summed E-state index contributed by atoms with van der Waals surface area (Å²) in [6, 6.07) is 6.85. The molecule has 120 valence electrons. The molecule has 0 atom stereocenters. The molecule has 0 aromatic heterocycles. The van der Waals surface area contributed by atoms with Crippen LogP contribution in [0.2, 0.25) is 0 Å². The Bertz CT molecular complexity index is 514. The second-order valence-electron chi connectivity index (χ2n) is 6.91. The summed E-state index contributed by atoms with van der Waals surface area (Å²) in [4.78, 5) is 12.6. The Kier molecular flexibility index (Phi) is 5.14. The maximum Gasteiger partial charge on any atom is 0.251 e. The number of carbonyl (C=O) groups excluding carboxylic acids is 1. The summed E-state index contributed by atoms with van der Waals surface area (Å²) < 4.78 is 0. The Morgan fingerprint density at radius 1 is 1.09 bits per heavy atom. The lowest BCUT2D eigenvalue weighted by Crippen LogP contribution is -2.36. The number of aryl methyl sites for hydroxylation is 1. The third-order valence-electron chi connectivity index (χ3n) is 5.26. The summed E-state index contributed by atoms with van der Waals surface area (Å²) in [6.45, 7) is 4.21. The summed E-state index contributed by atoms with van der Waals surface area (Å²) in [7, 11) is 0. The molecule has 0 bridgehead atoms. The minimum Gasteiger partial charge on any atom is -0.349 e. The molecule has 3 heteroatoms. The van der Waals surface area contributed by atoms with Crippen LogP contribution in [0.3, 0.4) is 0 Å². The number of benzene rings is 1. The van der Waals surface area contributed by atoms with Crippen LogP contribution in [0.15, 0.2) is 18.2 Å². The maximum absolute atomic E-state index is 12.6. The van der Waals surface area contributed by atoms with Gasteiger partial charge in [-0.1, -0.05) is 31.4 Å². The van der Waals surface area contributed by atoms with Gasteiger partial charge in [0.2, 0.25) is 0 Å². The van der Waals surface area contributed by atoms with E-state index < -0.39 is 0 Å². The highest BCUT2D eigenvalue weighted by molar-refractivity contribution is 5.96. The van der Waals surface area contributed by atoms with Gasteiger partial charge in [-0.05, 0) is 68.8 Å². The number of hydrogen-bond donors (Lipinski definition) is 2. The van der Waals surface area contributed by atoms with Crippen molar-refractivity contribution in [2.75, 3.05) is 13.1 Å². The van der Waals surface area contributed by atoms with Crippen LogP contribution < -0.4 is 10.6 Å². The average molecular weight is 300 g/mol. The molecule has 0 unspecified atom stereocenters. The predicted molar refractivity (Wildman–Crippen MR) is 90.4 cm³/mol. The highest BCUT2D eigenvalue weighted by Gasteiger charge is 2.20. The SMILES string of the molecule is Cc1ccc(C2CCNCC2)cc1C(=O)NC1CCCCC1. The lowest BCUT2D eigenvalue weighted by atomic mass is 9.88. The van der Waals surface area contributed by atoms with Crippen molar-refractivity contribution in [3.63, 3.8) is 0 Å². The average Bonchev–Trinajstić information content (AvgIpc) is 2.57. The van der Waals surface area contributed by atoms with Gasteiger partial charge in [-0.25, -0.2) is 0 Å². The monoisotopic (exact) mass is 300 g/mol. The van der Waals surface area contributed by atoms with Crippen molar-refractivity contribution in [3.05, 3.63) is 34.9 Å². The molecule has 2 aliphatic rings. The molecule has 1 saturated heterocycles. The van der Waals surface area contributed by atoms with Gasteiger partial charge in [0.05, 0.1) is 0 Å². The zero-order valence-electron chi connectivity index (χ0n) is 13.7. The van der Waals surface area contributed by atoms with Crippen LogP contribution in [0.1, 0.15) is 72.3 Å². The van der Waals surface area contributed by atoms with Crippen LogP contribution in [-0.4, -0.2) is 25.0 Å². The Morgan fingerprint density at radius 3 is 2.55 bits per heavy atom. The molecule has 1 aliphatic carbocycles. The van der Waals surface area contributed by atoms with E-state index in [2.05, 4.69) is 28.8 Å². The van der Waals surface area contributed by atoms with Crippen molar-refractivity contribution in [3.8, 4) is 0 Å². The minimum absolute atomic E-state index is 0.125. The number of piperidine rings is 1. The van der Waals surface area contributed by atoms with E-state index in [9.17, 15) is 4.79 Å². The fourth-order valence-electron chi connectivity index (χ4n) is 3.80. The Labute approximate surface area is 133 Å². The first-order chi connectivity index (χ1) is 10.7. The molecule has 1 heterocycles. The Balaban J connectivity index is 1.72. The molecule has 1 aliphatic heterocycles. The van der Waals surface area contributed by atoms with Gasteiger partial charge in [0.25, 0.3) is 5.91 Å². The molecular formula is C19H28N2O. The molecule has 3 rings (SSSR count). The van der Waals surface area contributed by atoms with Crippen LogP contribution >= 0.6 is 0 Å². The van der Waals surface area contributed by atoms with Gasteiger partial charge in [-0.3, -0.25) is 4.79 Å². The minimum atomic E-state index is 0.125. The summed E-state index contributed by atoms with van der Waals surface area (Å²) in [5.41, 5.74) is 3.30. The molecule has 0 spiro atoms. The quantitative estimate of drug-likeness (QED) is 0.896. The van der Waals surface area contributed by atoms with E-state index in [-0.39, 0.29) is 5.91 Å². The molecule has 1 saturated carbocycles. The second kappa shape index (κ2) is 7.28. The summed E-state index contributed by atoms with van der Waals surface area (Å²) >= 11 is 0. The van der Waals surface area contributed by atoms with Crippen LogP contribution in [-0.2, 0) is 0 Å². The zero-order valence-corrected chi connectivity index (χ0v) is 13.7. The first kappa shape index (κ1) is 15.5. The van der Waals surface area contributed by atoms with Gasteiger partial charge in [0.1, 0.15) is 0 Å². The van der Waals surface area contributed by atoms with Crippen LogP contribution in [0, 0.1) is 6.92 Å². The Hall–Kier alpha value is -1.35. The van der Waals surface area contributed by atoms with Gasteiger partial charge in [0, 0.05) is 11.6 Å². The predicted octanol–water partition coefficient (Wildman–Crippen LogP) is 3.52. The standard InChI is InChI=1S/C19H28N2O/c1-14-7-8-16(15-9-11-20-12-10-15)13-18(14)19(22)21-17-5-3-2-4-6-17/h7-8,13,15,17,20H,2-6,9-12H2,1H3,(H,21,22). The van der Waals surface area contributed by atoms with Crippen molar-refractivity contribution in [2.24, 2.45) is 0 Å². The topological polar surface area (TPSA) is 41.1 Å². The van der Waals surface area contributed by atoms with E-state index in [1.54, 1.807) is 0 Å². The van der Waals surface area contributed by atoms with Gasteiger partial charge < -0.3 is 10.6 Å². The molecule has 0 radical (unpaired) electrons. The van der Waals surface area contributed by atoms with Crippen molar-refractivity contribution in [2.45, 2.75) is 63.8 Å². The molecule has 22 heavy (non-hydrogen) atoms. The zero-order chi connectivity index (χ0) is 15.4.